The number of carbonyl (C=O) groups excluding carboxylic acids is 2. The Morgan fingerprint density at radius 3 is 2.06 bits per heavy atom. The second-order valence-electron chi connectivity index (χ2n) is 6.06. The zero-order valence-corrected chi connectivity index (χ0v) is 12.5. The topological polar surface area (TPSA) is 58.6 Å². The molecule has 5 nitrogen and oxygen atoms in total. The van der Waals surface area contributed by atoms with E-state index in [0.717, 1.165) is 0 Å². The van der Waals surface area contributed by atoms with Gasteiger partial charge in [0.2, 0.25) is 5.91 Å². The van der Waals surface area contributed by atoms with Crippen molar-refractivity contribution in [2.45, 2.75) is 52.7 Å². The molecular formula is C13H26N2O3. The molecule has 1 N–H and O–H groups in total. The van der Waals surface area contributed by atoms with Crippen LogP contribution in [-0.4, -0.2) is 42.6 Å². The molecule has 0 radical (unpaired) electrons. The maximum Gasteiger partial charge on any atom is 0.408 e. The maximum atomic E-state index is 11.9. The molecule has 106 valence electrons. The summed E-state index contributed by atoms with van der Waals surface area (Å²) >= 11 is 0. The fraction of sp³-hybridized carbons (Fsp3) is 0.846. The molecule has 0 aliphatic rings. The third-order valence-electron chi connectivity index (χ3n) is 2.14. The Hall–Kier alpha value is -1.26. The van der Waals surface area contributed by atoms with Gasteiger partial charge in [-0.25, -0.2) is 4.79 Å². The highest BCUT2D eigenvalue weighted by molar-refractivity contribution is 5.85. The summed E-state index contributed by atoms with van der Waals surface area (Å²) in [6, 6.07) is -0.533. The van der Waals surface area contributed by atoms with Gasteiger partial charge in [0, 0.05) is 14.1 Å². The van der Waals surface area contributed by atoms with Crippen LogP contribution in [0.1, 0.15) is 41.0 Å². The molecule has 18 heavy (non-hydrogen) atoms. The van der Waals surface area contributed by atoms with Gasteiger partial charge in [-0.3, -0.25) is 4.79 Å². The highest BCUT2D eigenvalue weighted by atomic mass is 16.6. The molecule has 0 fully saturated rings. The highest BCUT2D eigenvalue weighted by Crippen LogP contribution is 2.10. The van der Waals surface area contributed by atoms with E-state index in [1.807, 2.05) is 13.8 Å². The fourth-order valence-corrected chi connectivity index (χ4v) is 1.45. The monoisotopic (exact) mass is 258 g/mol. The Bertz CT molecular complexity index is 293. The number of alkyl carbamates (subject to hydrolysis) is 1. The Balaban J connectivity index is 4.60. The van der Waals surface area contributed by atoms with Crippen molar-refractivity contribution in [3.05, 3.63) is 0 Å². The molecule has 0 saturated carbocycles. The van der Waals surface area contributed by atoms with Crippen molar-refractivity contribution in [2.24, 2.45) is 5.92 Å². The number of likely N-dealkylation sites (N-methyl/N-ethyl adjacent to an activating group) is 1. The molecule has 0 aromatic rings. The van der Waals surface area contributed by atoms with Gasteiger partial charge in [-0.15, -0.1) is 0 Å². The van der Waals surface area contributed by atoms with Crippen LogP contribution in [-0.2, 0) is 9.53 Å². The molecule has 0 aliphatic heterocycles. The lowest BCUT2D eigenvalue weighted by Gasteiger charge is -2.25. The summed E-state index contributed by atoms with van der Waals surface area (Å²) in [5.41, 5.74) is -0.562. The molecule has 0 rings (SSSR count). The van der Waals surface area contributed by atoms with Crippen LogP contribution in [0, 0.1) is 5.92 Å². The van der Waals surface area contributed by atoms with E-state index in [0.29, 0.717) is 12.3 Å². The van der Waals surface area contributed by atoms with Crippen LogP contribution in [0.2, 0.25) is 0 Å². The third-order valence-corrected chi connectivity index (χ3v) is 2.14. The minimum Gasteiger partial charge on any atom is -0.444 e. The first-order valence-electron chi connectivity index (χ1n) is 6.23. The summed E-state index contributed by atoms with van der Waals surface area (Å²) in [7, 11) is 3.35. The lowest BCUT2D eigenvalue weighted by molar-refractivity contribution is -0.131. The van der Waals surface area contributed by atoms with Gasteiger partial charge in [-0.1, -0.05) is 13.8 Å². The van der Waals surface area contributed by atoms with Gasteiger partial charge in [0.05, 0.1) is 0 Å². The van der Waals surface area contributed by atoms with Gasteiger partial charge in [0.15, 0.2) is 0 Å². The average molecular weight is 258 g/mol. The summed E-state index contributed by atoms with van der Waals surface area (Å²) in [5, 5.41) is 2.63. The summed E-state index contributed by atoms with van der Waals surface area (Å²) in [4.78, 5) is 25.1. The Morgan fingerprint density at radius 1 is 1.22 bits per heavy atom. The molecule has 5 heteroatoms. The van der Waals surface area contributed by atoms with Gasteiger partial charge < -0.3 is 15.0 Å². The normalized spacial score (nSPS) is 13.1. The molecule has 2 amide bonds. The van der Waals surface area contributed by atoms with Gasteiger partial charge in [-0.2, -0.15) is 0 Å². The SMILES string of the molecule is CC(C)C[C@H](NC(=O)OC(C)(C)C)C(=O)N(C)C. The van der Waals surface area contributed by atoms with Crippen molar-refractivity contribution in [1.82, 2.24) is 10.2 Å². The predicted octanol–water partition coefficient (Wildman–Crippen LogP) is 2.01. The van der Waals surface area contributed by atoms with Crippen LogP contribution in [0.25, 0.3) is 0 Å². The van der Waals surface area contributed by atoms with E-state index in [-0.39, 0.29) is 5.91 Å². The van der Waals surface area contributed by atoms with Gasteiger partial charge in [0.25, 0.3) is 0 Å². The molecule has 0 bridgehead atoms. The number of hydrogen-bond donors (Lipinski definition) is 1. The molecule has 0 aliphatic carbocycles. The highest BCUT2D eigenvalue weighted by Gasteiger charge is 2.25. The first-order chi connectivity index (χ1) is 8.03. The minimum atomic E-state index is -0.562. The maximum absolute atomic E-state index is 11.9. The summed E-state index contributed by atoms with van der Waals surface area (Å²) < 4.78 is 5.16. The second kappa shape index (κ2) is 6.61. The predicted molar refractivity (Wildman–Crippen MR) is 71.3 cm³/mol. The van der Waals surface area contributed by atoms with E-state index in [1.54, 1.807) is 34.9 Å². The van der Waals surface area contributed by atoms with Crippen LogP contribution >= 0.6 is 0 Å². The molecule has 0 aromatic carbocycles. The third kappa shape index (κ3) is 7.14. The molecule has 0 saturated heterocycles. The van der Waals surface area contributed by atoms with Gasteiger partial charge in [0.1, 0.15) is 11.6 Å². The number of nitrogens with zero attached hydrogens (tertiary/aromatic N) is 1. The van der Waals surface area contributed by atoms with E-state index >= 15 is 0 Å². The number of nitrogens with one attached hydrogen (secondary N) is 1. The molecule has 1 atom stereocenters. The van der Waals surface area contributed by atoms with Gasteiger partial charge >= 0.3 is 6.09 Å². The van der Waals surface area contributed by atoms with Crippen molar-refractivity contribution < 1.29 is 14.3 Å². The molecular weight excluding hydrogens is 232 g/mol. The largest absolute Gasteiger partial charge is 0.444 e. The van der Waals surface area contributed by atoms with Crippen LogP contribution < -0.4 is 5.32 Å². The average Bonchev–Trinajstić information content (AvgIpc) is 2.11. The van der Waals surface area contributed by atoms with Gasteiger partial charge in [-0.05, 0) is 33.1 Å². The van der Waals surface area contributed by atoms with E-state index in [1.165, 1.54) is 4.90 Å². The van der Waals surface area contributed by atoms with Crippen LogP contribution in [0.4, 0.5) is 4.79 Å². The number of ether oxygens (including phenoxy) is 1. The molecule has 0 spiro atoms. The number of carbonyl (C=O) groups is 2. The van der Waals surface area contributed by atoms with Crippen molar-refractivity contribution in [3.8, 4) is 0 Å². The molecule has 0 heterocycles. The van der Waals surface area contributed by atoms with E-state index < -0.39 is 17.7 Å². The number of rotatable bonds is 4. The zero-order valence-electron chi connectivity index (χ0n) is 12.5. The molecule has 0 aromatic heterocycles. The Kier molecular flexibility index (Phi) is 6.15. The Labute approximate surface area is 110 Å². The summed E-state index contributed by atoms with van der Waals surface area (Å²) in [6.45, 7) is 9.38. The summed E-state index contributed by atoms with van der Waals surface area (Å²) in [5.74, 6) is 0.198. The first kappa shape index (κ1) is 16.7. The minimum absolute atomic E-state index is 0.116. The standard InChI is InChI=1S/C13H26N2O3/c1-9(2)8-10(11(16)15(6)7)14-12(17)18-13(3,4)5/h9-10H,8H2,1-7H3,(H,14,17)/t10-/m0/s1. The van der Waals surface area contributed by atoms with Crippen LogP contribution in [0.15, 0.2) is 0 Å². The van der Waals surface area contributed by atoms with Crippen molar-refractivity contribution in [3.63, 3.8) is 0 Å². The quantitative estimate of drug-likeness (QED) is 0.839. The summed E-state index contributed by atoms with van der Waals surface area (Å²) in [6.07, 6.45) is 0.0411. The van der Waals surface area contributed by atoms with E-state index in [4.69, 9.17) is 4.74 Å². The fourth-order valence-electron chi connectivity index (χ4n) is 1.45. The lowest BCUT2D eigenvalue weighted by Crippen LogP contribution is -2.48. The van der Waals surface area contributed by atoms with E-state index in [9.17, 15) is 9.59 Å². The molecule has 0 unspecified atom stereocenters. The second-order valence-corrected chi connectivity index (χ2v) is 6.06. The van der Waals surface area contributed by atoms with Crippen molar-refractivity contribution >= 4 is 12.0 Å². The van der Waals surface area contributed by atoms with Crippen molar-refractivity contribution in [1.29, 1.82) is 0 Å². The number of amides is 2. The smallest absolute Gasteiger partial charge is 0.408 e. The van der Waals surface area contributed by atoms with Crippen LogP contribution in [0.3, 0.4) is 0 Å². The van der Waals surface area contributed by atoms with E-state index in [2.05, 4.69) is 5.32 Å². The first-order valence-corrected chi connectivity index (χ1v) is 6.23. The zero-order chi connectivity index (χ0) is 14.5. The Morgan fingerprint density at radius 2 is 1.72 bits per heavy atom. The number of hydrogen-bond acceptors (Lipinski definition) is 3. The van der Waals surface area contributed by atoms with Crippen molar-refractivity contribution in [2.75, 3.05) is 14.1 Å². The van der Waals surface area contributed by atoms with Crippen LogP contribution in [0.5, 0.6) is 0 Å². The lowest BCUT2D eigenvalue weighted by atomic mass is 10.0.